The molecule has 1 aliphatic rings. The molecule has 9 heteroatoms. The molecule has 2 aromatic carbocycles. The van der Waals surface area contributed by atoms with Crippen LogP contribution in [-0.4, -0.2) is 46.4 Å². The normalized spacial score (nSPS) is 14.7. The van der Waals surface area contributed by atoms with Crippen LogP contribution >= 0.6 is 0 Å². The lowest BCUT2D eigenvalue weighted by molar-refractivity contribution is -0.142. The minimum atomic E-state index is -1.29. The summed E-state index contributed by atoms with van der Waals surface area (Å²) < 4.78 is 5.32. The molecule has 9 nitrogen and oxygen atoms in total. The van der Waals surface area contributed by atoms with E-state index in [1.165, 1.54) is 4.90 Å². The van der Waals surface area contributed by atoms with Gasteiger partial charge in [-0.2, -0.15) is 0 Å². The fourth-order valence-corrected chi connectivity index (χ4v) is 4.42. The molecule has 2 aromatic rings. The zero-order valence-electron chi connectivity index (χ0n) is 23.0. The van der Waals surface area contributed by atoms with Gasteiger partial charge < -0.3 is 26.0 Å². The van der Waals surface area contributed by atoms with Crippen LogP contribution in [0.15, 0.2) is 42.5 Å². The summed E-state index contributed by atoms with van der Waals surface area (Å²) in [7, 11) is 0. The molecule has 0 bridgehead atoms. The molecule has 0 heterocycles. The lowest BCUT2D eigenvalue weighted by Crippen LogP contribution is -2.54. The van der Waals surface area contributed by atoms with Crippen LogP contribution in [0.25, 0.3) is 0 Å². The van der Waals surface area contributed by atoms with Gasteiger partial charge in [-0.05, 0) is 71.6 Å². The number of amides is 4. The van der Waals surface area contributed by atoms with E-state index in [9.17, 15) is 19.2 Å². The molecule has 0 saturated heterocycles. The highest BCUT2D eigenvalue weighted by Gasteiger charge is 2.44. The average Bonchev–Trinajstić information content (AvgIpc) is 3.60. The molecule has 0 aliphatic heterocycles. The number of alkyl carbamates (subject to hydrolysis) is 1. The minimum absolute atomic E-state index is 0.230. The Bertz CT molecular complexity index is 1200. The third kappa shape index (κ3) is 7.81. The summed E-state index contributed by atoms with van der Waals surface area (Å²) in [6.07, 6.45) is 0.112. The van der Waals surface area contributed by atoms with Crippen molar-refractivity contribution < 1.29 is 23.9 Å². The summed E-state index contributed by atoms with van der Waals surface area (Å²) in [4.78, 5) is 53.9. The summed E-state index contributed by atoms with van der Waals surface area (Å²) in [6, 6.07) is 10.6. The topological polar surface area (TPSA) is 131 Å². The van der Waals surface area contributed by atoms with Gasteiger partial charge in [-0.1, -0.05) is 47.5 Å². The molecule has 2 atom stereocenters. The number of benzene rings is 2. The van der Waals surface area contributed by atoms with Gasteiger partial charge in [0.2, 0.25) is 11.8 Å². The molecule has 1 aliphatic carbocycles. The van der Waals surface area contributed by atoms with Crippen molar-refractivity contribution in [2.75, 3.05) is 5.32 Å². The van der Waals surface area contributed by atoms with Crippen molar-refractivity contribution in [3.8, 4) is 0 Å². The molecule has 0 radical (unpaired) electrons. The zero-order valence-corrected chi connectivity index (χ0v) is 23.0. The molecule has 38 heavy (non-hydrogen) atoms. The van der Waals surface area contributed by atoms with Gasteiger partial charge in [0.15, 0.2) is 0 Å². The highest BCUT2D eigenvalue weighted by Crippen LogP contribution is 2.37. The summed E-state index contributed by atoms with van der Waals surface area (Å²) >= 11 is 0. The predicted octanol–water partition coefficient (Wildman–Crippen LogP) is 4.05. The zero-order chi connectivity index (χ0) is 28.2. The predicted molar refractivity (Wildman–Crippen MR) is 145 cm³/mol. The quantitative estimate of drug-likeness (QED) is 0.457. The number of aryl methyl sites for hydroxylation is 3. The van der Waals surface area contributed by atoms with Crippen molar-refractivity contribution in [3.63, 3.8) is 0 Å². The van der Waals surface area contributed by atoms with Crippen LogP contribution in [0.4, 0.5) is 10.5 Å². The second-order valence-corrected chi connectivity index (χ2v) is 11.0. The molecule has 3 rings (SSSR count). The Hall–Kier alpha value is -3.88. The molecule has 2 unspecified atom stereocenters. The van der Waals surface area contributed by atoms with E-state index in [-0.39, 0.29) is 11.9 Å². The monoisotopic (exact) mass is 522 g/mol. The summed E-state index contributed by atoms with van der Waals surface area (Å²) in [5.41, 5.74) is 8.68. The maximum Gasteiger partial charge on any atom is 0.408 e. The SMILES string of the molecule is Cc1cc(C)cc(C(C(=O)Nc2ccccc2C)N(C(=O)C(CC(N)=O)NC(=O)OC(C)(C)C)C2CC2)c1. The lowest BCUT2D eigenvalue weighted by Gasteiger charge is -2.35. The molecule has 204 valence electrons. The first-order valence-corrected chi connectivity index (χ1v) is 12.8. The number of rotatable bonds is 9. The van der Waals surface area contributed by atoms with Gasteiger partial charge in [0.1, 0.15) is 17.7 Å². The second kappa shape index (κ2) is 11.7. The molecular formula is C29H38N4O5. The molecule has 0 spiro atoms. The number of para-hydroxylation sites is 1. The van der Waals surface area contributed by atoms with Gasteiger partial charge >= 0.3 is 6.09 Å². The summed E-state index contributed by atoms with van der Waals surface area (Å²) in [6.45, 7) is 10.8. The first-order valence-electron chi connectivity index (χ1n) is 12.8. The molecule has 0 aromatic heterocycles. The first-order chi connectivity index (χ1) is 17.7. The summed E-state index contributed by atoms with van der Waals surface area (Å²) in [5.74, 6) is -1.72. The number of carbonyl (C=O) groups excluding carboxylic acids is 4. The van der Waals surface area contributed by atoms with Crippen LogP contribution in [0.2, 0.25) is 0 Å². The maximum atomic E-state index is 14.0. The van der Waals surface area contributed by atoms with Gasteiger partial charge in [-0.3, -0.25) is 14.4 Å². The fourth-order valence-electron chi connectivity index (χ4n) is 4.42. The largest absolute Gasteiger partial charge is 0.444 e. The second-order valence-electron chi connectivity index (χ2n) is 11.0. The standard InChI is InChI=1S/C29H38N4O5/c1-17-13-18(2)15-20(14-17)25(26(35)31-22-10-8-7-9-19(22)3)33(21-11-12-21)27(36)23(16-24(30)34)32-28(37)38-29(4,5)6/h7-10,13-15,21,23,25H,11-12,16H2,1-6H3,(H2,30,34)(H,31,35)(H,32,37). The van der Waals surface area contributed by atoms with Crippen molar-refractivity contribution >= 4 is 29.5 Å². The van der Waals surface area contributed by atoms with Gasteiger partial charge in [0.05, 0.1) is 6.42 Å². The molecule has 4 amide bonds. The number of anilines is 1. The van der Waals surface area contributed by atoms with E-state index in [0.29, 0.717) is 24.1 Å². The Morgan fingerprint density at radius 3 is 2.16 bits per heavy atom. The van der Waals surface area contributed by atoms with Crippen molar-refractivity contribution in [3.05, 3.63) is 64.7 Å². The smallest absolute Gasteiger partial charge is 0.408 e. The van der Waals surface area contributed by atoms with Crippen LogP contribution in [-0.2, 0) is 19.1 Å². The van der Waals surface area contributed by atoms with Crippen LogP contribution in [0, 0.1) is 20.8 Å². The highest BCUT2D eigenvalue weighted by molar-refractivity contribution is 6.00. The maximum absolute atomic E-state index is 14.0. The van der Waals surface area contributed by atoms with E-state index < -0.39 is 42.0 Å². The van der Waals surface area contributed by atoms with Gasteiger partial charge in [0, 0.05) is 11.7 Å². The number of nitrogens with one attached hydrogen (secondary N) is 2. The van der Waals surface area contributed by atoms with E-state index >= 15 is 0 Å². The third-order valence-corrected chi connectivity index (χ3v) is 6.08. The molecular weight excluding hydrogens is 484 g/mol. The van der Waals surface area contributed by atoms with E-state index in [4.69, 9.17) is 10.5 Å². The number of nitrogens with two attached hydrogens (primary N) is 1. The highest BCUT2D eigenvalue weighted by atomic mass is 16.6. The lowest BCUT2D eigenvalue weighted by atomic mass is 9.97. The van der Waals surface area contributed by atoms with Gasteiger partial charge in [-0.15, -0.1) is 0 Å². The fraction of sp³-hybridized carbons (Fsp3) is 0.448. The molecule has 1 fully saturated rings. The minimum Gasteiger partial charge on any atom is -0.444 e. The van der Waals surface area contributed by atoms with Crippen molar-refractivity contribution in [1.29, 1.82) is 0 Å². The van der Waals surface area contributed by atoms with Crippen molar-refractivity contribution in [1.82, 2.24) is 10.2 Å². The Morgan fingerprint density at radius 2 is 1.63 bits per heavy atom. The van der Waals surface area contributed by atoms with Gasteiger partial charge in [0.25, 0.3) is 5.91 Å². The average molecular weight is 523 g/mol. The van der Waals surface area contributed by atoms with Crippen LogP contribution < -0.4 is 16.4 Å². The number of ether oxygens (including phenoxy) is 1. The van der Waals surface area contributed by atoms with Crippen LogP contribution in [0.3, 0.4) is 0 Å². The molecule has 4 N–H and O–H groups in total. The Kier molecular flexibility index (Phi) is 8.81. The Labute approximate surface area is 224 Å². The van der Waals surface area contributed by atoms with Crippen LogP contribution in [0.1, 0.15) is 68.3 Å². The molecule has 1 saturated carbocycles. The third-order valence-electron chi connectivity index (χ3n) is 6.08. The van der Waals surface area contributed by atoms with E-state index in [1.54, 1.807) is 26.8 Å². The first kappa shape index (κ1) is 28.7. The number of hydrogen-bond acceptors (Lipinski definition) is 5. The van der Waals surface area contributed by atoms with Crippen molar-refractivity contribution in [2.45, 2.75) is 84.5 Å². The number of primary amides is 1. The van der Waals surface area contributed by atoms with Gasteiger partial charge in [-0.25, -0.2) is 4.79 Å². The Morgan fingerprint density at radius 1 is 1.03 bits per heavy atom. The number of hydrogen-bond donors (Lipinski definition) is 3. The van der Waals surface area contributed by atoms with E-state index in [2.05, 4.69) is 10.6 Å². The Balaban J connectivity index is 2.04. The number of nitrogens with zero attached hydrogens (tertiary/aromatic N) is 1. The van der Waals surface area contributed by atoms with E-state index in [0.717, 1.165) is 16.7 Å². The van der Waals surface area contributed by atoms with E-state index in [1.807, 2.05) is 57.2 Å². The number of carbonyl (C=O) groups is 4. The summed E-state index contributed by atoms with van der Waals surface area (Å²) in [5, 5.41) is 5.49. The van der Waals surface area contributed by atoms with Crippen molar-refractivity contribution in [2.24, 2.45) is 5.73 Å². The van der Waals surface area contributed by atoms with Crippen LogP contribution in [0.5, 0.6) is 0 Å².